The van der Waals surface area contributed by atoms with E-state index in [0.717, 1.165) is 28.4 Å². The van der Waals surface area contributed by atoms with Gasteiger partial charge in [-0.3, -0.25) is 0 Å². The van der Waals surface area contributed by atoms with E-state index in [-0.39, 0.29) is 0 Å². The Bertz CT molecular complexity index is 298. The van der Waals surface area contributed by atoms with Gasteiger partial charge in [0.25, 0.3) is 0 Å². The van der Waals surface area contributed by atoms with Gasteiger partial charge in [-0.25, -0.2) is 0 Å². The van der Waals surface area contributed by atoms with E-state index in [1.165, 1.54) is 0 Å². The molecule has 1 nitrogen and oxygen atoms in total. The first-order valence-corrected chi connectivity index (χ1v) is 4.62. The predicted molar refractivity (Wildman–Crippen MR) is 59.5 cm³/mol. The summed E-state index contributed by atoms with van der Waals surface area (Å²) in [5.74, 6) is 0. The van der Waals surface area contributed by atoms with Crippen LogP contribution in [0.15, 0.2) is 30.4 Å². The molecule has 0 radical (unpaired) electrons. The normalized spacial score (nSPS) is 9.77. The van der Waals surface area contributed by atoms with Crippen LogP contribution in [0.2, 0.25) is 5.02 Å². The van der Waals surface area contributed by atoms with Gasteiger partial charge in [0.05, 0.1) is 10.7 Å². The summed E-state index contributed by atoms with van der Waals surface area (Å²) < 4.78 is 0. The van der Waals surface area contributed by atoms with Crippen molar-refractivity contribution in [1.29, 1.82) is 0 Å². The molecule has 0 aliphatic rings. The summed E-state index contributed by atoms with van der Waals surface area (Å²) in [5.41, 5.74) is 3.26. The molecule has 0 bridgehead atoms. The summed E-state index contributed by atoms with van der Waals surface area (Å²) in [6.07, 6.45) is 0. The lowest BCUT2D eigenvalue weighted by Crippen LogP contribution is -2.03. The fourth-order valence-electron chi connectivity index (χ4n) is 1.10. The Labute approximate surface area is 84.4 Å². The minimum absolute atomic E-state index is 0.765. The molecule has 1 N–H and O–H groups in total. The van der Waals surface area contributed by atoms with Crippen molar-refractivity contribution >= 4 is 17.3 Å². The molecule has 1 aromatic rings. The first-order valence-electron chi connectivity index (χ1n) is 4.24. The molecule has 0 fully saturated rings. The number of anilines is 1. The standard InChI is InChI=1S/C11H14ClN/c1-8(2)7-13-11-9(3)5-4-6-10(11)12/h4-6,13H,1,7H2,2-3H3. The molecule has 0 saturated heterocycles. The summed E-state index contributed by atoms with van der Waals surface area (Å²) in [5, 5.41) is 4.01. The van der Waals surface area contributed by atoms with Gasteiger partial charge in [0.2, 0.25) is 0 Å². The molecule has 0 amide bonds. The Hall–Kier alpha value is -0.950. The zero-order chi connectivity index (χ0) is 9.84. The highest BCUT2D eigenvalue weighted by molar-refractivity contribution is 6.33. The van der Waals surface area contributed by atoms with Crippen LogP contribution in [0.3, 0.4) is 0 Å². The van der Waals surface area contributed by atoms with Gasteiger partial charge >= 0.3 is 0 Å². The van der Waals surface area contributed by atoms with Gasteiger partial charge in [0.1, 0.15) is 0 Å². The number of benzene rings is 1. The summed E-state index contributed by atoms with van der Waals surface area (Å²) in [7, 11) is 0. The van der Waals surface area contributed by atoms with Gasteiger partial charge in [0.15, 0.2) is 0 Å². The van der Waals surface area contributed by atoms with E-state index in [9.17, 15) is 0 Å². The number of hydrogen-bond donors (Lipinski definition) is 1. The fourth-order valence-corrected chi connectivity index (χ4v) is 1.38. The van der Waals surface area contributed by atoms with Crippen molar-refractivity contribution in [3.05, 3.63) is 40.9 Å². The van der Waals surface area contributed by atoms with Crippen molar-refractivity contribution in [2.24, 2.45) is 0 Å². The average molecular weight is 196 g/mol. The maximum atomic E-state index is 6.02. The molecule has 0 aliphatic heterocycles. The number of halogens is 1. The predicted octanol–water partition coefficient (Wildman–Crippen LogP) is 3.64. The van der Waals surface area contributed by atoms with Crippen LogP contribution in [0.25, 0.3) is 0 Å². The van der Waals surface area contributed by atoms with Crippen molar-refractivity contribution in [1.82, 2.24) is 0 Å². The molecule has 0 aromatic heterocycles. The smallest absolute Gasteiger partial charge is 0.0640 e. The Morgan fingerprint density at radius 2 is 2.23 bits per heavy atom. The lowest BCUT2D eigenvalue weighted by atomic mass is 10.2. The third-order valence-corrected chi connectivity index (χ3v) is 2.10. The van der Waals surface area contributed by atoms with Gasteiger partial charge in [-0.1, -0.05) is 35.9 Å². The van der Waals surface area contributed by atoms with Gasteiger partial charge in [-0.05, 0) is 25.5 Å². The second-order valence-electron chi connectivity index (χ2n) is 3.24. The summed E-state index contributed by atoms with van der Waals surface area (Å²) >= 11 is 6.02. The third-order valence-electron chi connectivity index (χ3n) is 1.79. The van der Waals surface area contributed by atoms with Gasteiger partial charge in [-0.15, -0.1) is 0 Å². The number of nitrogens with one attached hydrogen (secondary N) is 1. The summed E-state index contributed by atoms with van der Waals surface area (Å²) in [4.78, 5) is 0. The third kappa shape index (κ3) is 2.78. The first-order chi connectivity index (χ1) is 6.11. The minimum Gasteiger partial charge on any atom is -0.380 e. The summed E-state index contributed by atoms with van der Waals surface area (Å²) in [6, 6.07) is 5.87. The molecule has 0 saturated carbocycles. The number of rotatable bonds is 3. The molecule has 0 aliphatic carbocycles. The maximum absolute atomic E-state index is 6.02. The van der Waals surface area contributed by atoms with E-state index < -0.39 is 0 Å². The highest BCUT2D eigenvalue weighted by atomic mass is 35.5. The van der Waals surface area contributed by atoms with Crippen LogP contribution < -0.4 is 5.32 Å². The monoisotopic (exact) mass is 195 g/mol. The minimum atomic E-state index is 0.765. The van der Waals surface area contributed by atoms with Gasteiger partial charge in [0, 0.05) is 6.54 Å². The Morgan fingerprint density at radius 3 is 2.77 bits per heavy atom. The molecule has 0 unspecified atom stereocenters. The van der Waals surface area contributed by atoms with Crippen LogP contribution in [0.5, 0.6) is 0 Å². The first kappa shape index (κ1) is 10.1. The van der Waals surface area contributed by atoms with Crippen LogP contribution in [0, 0.1) is 6.92 Å². The molecule has 1 aromatic carbocycles. The lowest BCUT2D eigenvalue weighted by molar-refractivity contribution is 1.20. The summed E-state index contributed by atoms with van der Waals surface area (Å²) in [6.45, 7) is 8.61. The quantitative estimate of drug-likeness (QED) is 0.727. The van der Waals surface area contributed by atoms with Crippen LogP contribution in [-0.4, -0.2) is 6.54 Å². The highest BCUT2D eigenvalue weighted by Crippen LogP contribution is 2.25. The number of aryl methyl sites for hydroxylation is 1. The highest BCUT2D eigenvalue weighted by Gasteiger charge is 2.01. The Balaban J connectivity index is 2.81. The topological polar surface area (TPSA) is 12.0 Å². The molecule has 2 heteroatoms. The molecule has 0 spiro atoms. The van der Waals surface area contributed by atoms with E-state index in [1.807, 2.05) is 32.0 Å². The van der Waals surface area contributed by atoms with Gasteiger partial charge in [-0.2, -0.15) is 0 Å². The van der Waals surface area contributed by atoms with E-state index >= 15 is 0 Å². The van der Waals surface area contributed by atoms with Crippen molar-refractivity contribution in [3.8, 4) is 0 Å². The Kier molecular flexibility index (Phi) is 3.38. The van der Waals surface area contributed by atoms with Crippen molar-refractivity contribution in [2.75, 3.05) is 11.9 Å². The molecular formula is C11H14ClN. The SMILES string of the molecule is C=C(C)CNc1c(C)cccc1Cl. The van der Waals surface area contributed by atoms with Crippen LogP contribution in [0.1, 0.15) is 12.5 Å². The number of hydrogen-bond acceptors (Lipinski definition) is 1. The molecule has 70 valence electrons. The Morgan fingerprint density at radius 1 is 1.54 bits per heavy atom. The number of para-hydroxylation sites is 1. The zero-order valence-corrected chi connectivity index (χ0v) is 8.78. The average Bonchev–Trinajstić information content (AvgIpc) is 2.03. The van der Waals surface area contributed by atoms with E-state index in [4.69, 9.17) is 11.6 Å². The van der Waals surface area contributed by atoms with E-state index in [0.29, 0.717) is 0 Å². The van der Waals surface area contributed by atoms with E-state index in [1.54, 1.807) is 0 Å². The lowest BCUT2D eigenvalue weighted by Gasteiger charge is -2.10. The molecule has 1 rings (SSSR count). The van der Waals surface area contributed by atoms with Crippen molar-refractivity contribution in [2.45, 2.75) is 13.8 Å². The maximum Gasteiger partial charge on any atom is 0.0640 e. The second-order valence-corrected chi connectivity index (χ2v) is 3.65. The van der Waals surface area contributed by atoms with Gasteiger partial charge < -0.3 is 5.32 Å². The van der Waals surface area contributed by atoms with Crippen LogP contribution in [-0.2, 0) is 0 Å². The van der Waals surface area contributed by atoms with Crippen LogP contribution >= 0.6 is 11.6 Å². The van der Waals surface area contributed by atoms with Crippen molar-refractivity contribution in [3.63, 3.8) is 0 Å². The second kappa shape index (κ2) is 4.33. The molecule has 0 heterocycles. The van der Waals surface area contributed by atoms with Crippen molar-refractivity contribution < 1.29 is 0 Å². The fraction of sp³-hybridized carbons (Fsp3) is 0.273. The zero-order valence-electron chi connectivity index (χ0n) is 8.02. The van der Waals surface area contributed by atoms with E-state index in [2.05, 4.69) is 11.9 Å². The molecular weight excluding hydrogens is 182 g/mol. The molecule has 0 atom stereocenters. The molecule has 13 heavy (non-hydrogen) atoms. The van der Waals surface area contributed by atoms with Crippen LogP contribution in [0.4, 0.5) is 5.69 Å². The largest absolute Gasteiger partial charge is 0.380 e.